The molecule has 2 aromatic carbocycles. The predicted molar refractivity (Wildman–Crippen MR) is 114 cm³/mol. The summed E-state index contributed by atoms with van der Waals surface area (Å²) in [6, 6.07) is 12.2. The van der Waals surface area contributed by atoms with E-state index in [1.54, 1.807) is 12.1 Å². The number of aryl methyl sites for hydroxylation is 1. The lowest BCUT2D eigenvalue weighted by Crippen LogP contribution is -2.12. The number of hydrogen-bond acceptors (Lipinski definition) is 6. The average molecular weight is 435 g/mol. The van der Waals surface area contributed by atoms with E-state index in [1.807, 2.05) is 12.1 Å². The van der Waals surface area contributed by atoms with E-state index < -0.39 is 6.61 Å². The first-order valence-electron chi connectivity index (χ1n) is 9.47. The zero-order chi connectivity index (χ0) is 21.7. The Hall–Kier alpha value is -2.81. The lowest BCUT2D eigenvalue weighted by Gasteiger charge is -2.12. The maximum absolute atomic E-state index is 12.3. The minimum atomic E-state index is -2.86. The van der Waals surface area contributed by atoms with E-state index in [-0.39, 0.29) is 5.75 Å². The van der Waals surface area contributed by atoms with Crippen molar-refractivity contribution in [2.75, 3.05) is 18.2 Å². The lowest BCUT2D eigenvalue weighted by atomic mass is 9.98. The summed E-state index contributed by atoms with van der Waals surface area (Å²) >= 11 is 1.42. The van der Waals surface area contributed by atoms with Crippen LogP contribution < -0.4 is 15.3 Å². The van der Waals surface area contributed by atoms with Crippen LogP contribution >= 0.6 is 11.8 Å². The molecule has 30 heavy (non-hydrogen) atoms. The fourth-order valence-corrected chi connectivity index (χ4v) is 3.71. The smallest absolute Gasteiger partial charge is 0.387 e. The summed E-state index contributed by atoms with van der Waals surface area (Å²) in [6.07, 6.45) is 0. The number of aromatic nitrogens is 3. The van der Waals surface area contributed by atoms with Gasteiger partial charge in [0, 0.05) is 11.3 Å². The molecule has 9 heteroatoms. The van der Waals surface area contributed by atoms with Gasteiger partial charge in [-0.2, -0.15) is 8.78 Å². The highest BCUT2D eigenvalue weighted by atomic mass is 32.2. The molecule has 0 saturated carbocycles. The Labute approximate surface area is 178 Å². The first-order valence-corrected chi connectivity index (χ1v) is 10.5. The highest BCUT2D eigenvalue weighted by molar-refractivity contribution is 7.99. The first-order chi connectivity index (χ1) is 14.3. The fourth-order valence-electron chi connectivity index (χ4n) is 3.04. The molecule has 2 N–H and O–H groups in total. The van der Waals surface area contributed by atoms with Crippen LogP contribution in [0.2, 0.25) is 0 Å². The standard InChI is InChI=1S/C21H24F2N4O2S/c1-13(2)18-9-8-17(12-14(18)3)28-10-11-30-21-26-25-19(27(21)24)15-4-6-16(7-5-15)29-20(22)23/h4-9,12-13,20H,10-11,24H2,1-3H3. The average Bonchev–Trinajstić information content (AvgIpc) is 3.06. The normalized spacial score (nSPS) is 11.3. The zero-order valence-corrected chi connectivity index (χ0v) is 17.8. The molecule has 3 aromatic rings. The molecule has 1 aromatic heterocycles. The Balaban J connectivity index is 1.55. The molecule has 0 aliphatic carbocycles. The third kappa shape index (κ3) is 5.41. The number of rotatable bonds is 9. The Morgan fingerprint density at radius 3 is 2.40 bits per heavy atom. The van der Waals surface area contributed by atoms with Crippen LogP contribution in [0.4, 0.5) is 8.78 Å². The Morgan fingerprint density at radius 2 is 1.77 bits per heavy atom. The minimum absolute atomic E-state index is 0.0697. The lowest BCUT2D eigenvalue weighted by molar-refractivity contribution is -0.0498. The van der Waals surface area contributed by atoms with Gasteiger partial charge in [-0.1, -0.05) is 31.7 Å². The molecule has 0 radical (unpaired) electrons. The van der Waals surface area contributed by atoms with E-state index in [1.165, 1.54) is 39.7 Å². The van der Waals surface area contributed by atoms with Crippen molar-refractivity contribution in [1.82, 2.24) is 14.9 Å². The molecular formula is C21H24F2N4O2S. The van der Waals surface area contributed by atoms with Gasteiger partial charge in [-0.05, 0) is 60.4 Å². The summed E-state index contributed by atoms with van der Waals surface area (Å²) in [6.45, 7) is 4.05. The fraction of sp³-hybridized carbons (Fsp3) is 0.333. The van der Waals surface area contributed by atoms with E-state index in [0.717, 1.165) is 5.75 Å². The quantitative estimate of drug-likeness (QED) is 0.294. The van der Waals surface area contributed by atoms with Crippen molar-refractivity contribution < 1.29 is 18.3 Å². The Bertz CT molecular complexity index is 978. The molecule has 6 nitrogen and oxygen atoms in total. The second kappa shape index (κ2) is 9.80. The van der Waals surface area contributed by atoms with Gasteiger partial charge in [0.25, 0.3) is 0 Å². The van der Waals surface area contributed by atoms with Gasteiger partial charge in [-0.3, -0.25) is 0 Å². The number of benzene rings is 2. The van der Waals surface area contributed by atoms with Gasteiger partial charge in [0.2, 0.25) is 5.16 Å². The topological polar surface area (TPSA) is 75.2 Å². The summed E-state index contributed by atoms with van der Waals surface area (Å²) in [5.74, 6) is 8.54. The van der Waals surface area contributed by atoms with Gasteiger partial charge in [-0.25, -0.2) is 4.68 Å². The molecule has 0 aliphatic rings. The number of hydrogen-bond donors (Lipinski definition) is 1. The van der Waals surface area contributed by atoms with Crippen LogP contribution in [0.25, 0.3) is 11.4 Å². The van der Waals surface area contributed by atoms with Crippen LogP contribution in [-0.4, -0.2) is 33.8 Å². The SMILES string of the molecule is Cc1cc(OCCSc2nnc(-c3ccc(OC(F)F)cc3)n2N)ccc1C(C)C. The molecule has 0 amide bonds. The van der Waals surface area contributed by atoms with Crippen molar-refractivity contribution in [1.29, 1.82) is 0 Å². The summed E-state index contributed by atoms with van der Waals surface area (Å²) in [7, 11) is 0. The van der Waals surface area contributed by atoms with Crippen molar-refractivity contribution in [3.8, 4) is 22.9 Å². The van der Waals surface area contributed by atoms with Crippen molar-refractivity contribution in [3.05, 3.63) is 53.6 Å². The molecular weight excluding hydrogens is 410 g/mol. The third-order valence-electron chi connectivity index (χ3n) is 4.45. The van der Waals surface area contributed by atoms with Crippen LogP contribution in [0, 0.1) is 6.92 Å². The summed E-state index contributed by atoms with van der Waals surface area (Å²) in [5.41, 5.74) is 3.18. The van der Waals surface area contributed by atoms with E-state index in [9.17, 15) is 8.78 Å². The second-order valence-electron chi connectivity index (χ2n) is 6.95. The van der Waals surface area contributed by atoms with Crippen LogP contribution in [0.1, 0.15) is 30.9 Å². The molecule has 160 valence electrons. The van der Waals surface area contributed by atoms with Crippen LogP contribution in [0.5, 0.6) is 11.5 Å². The monoisotopic (exact) mass is 434 g/mol. The molecule has 0 spiro atoms. The highest BCUT2D eigenvalue weighted by Gasteiger charge is 2.13. The molecule has 0 aliphatic heterocycles. The summed E-state index contributed by atoms with van der Waals surface area (Å²) < 4.78 is 36.0. The number of alkyl halides is 2. The highest BCUT2D eigenvalue weighted by Crippen LogP contribution is 2.26. The van der Waals surface area contributed by atoms with E-state index in [2.05, 4.69) is 41.8 Å². The largest absolute Gasteiger partial charge is 0.493 e. The predicted octanol–water partition coefficient (Wildman–Crippen LogP) is 4.86. The first kappa shape index (κ1) is 21.9. The third-order valence-corrected chi connectivity index (χ3v) is 5.36. The molecule has 0 saturated heterocycles. The number of halogens is 2. The van der Waals surface area contributed by atoms with Crippen molar-refractivity contribution in [2.24, 2.45) is 0 Å². The van der Waals surface area contributed by atoms with E-state index in [0.29, 0.717) is 34.8 Å². The maximum atomic E-state index is 12.3. The van der Waals surface area contributed by atoms with Gasteiger partial charge in [-0.15, -0.1) is 10.2 Å². The summed E-state index contributed by atoms with van der Waals surface area (Å²) in [5, 5.41) is 8.72. The summed E-state index contributed by atoms with van der Waals surface area (Å²) in [4.78, 5) is 0. The Kier molecular flexibility index (Phi) is 7.15. The van der Waals surface area contributed by atoms with Gasteiger partial charge in [0.15, 0.2) is 5.82 Å². The molecule has 1 heterocycles. The Morgan fingerprint density at radius 1 is 1.07 bits per heavy atom. The number of thioether (sulfide) groups is 1. The zero-order valence-electron chi connectivity index (χ0n) is 17.0. The van der Waals surface area contributed by atoms with Crippen molar-refractivity contribution >= 4 is 11.8 Å². The molecule has 0 unspecified atom stereocenters. The number of ether oxygens (including phenoxy) is 2. The molecule has 0 atom stereocenters. The second-order valence-corrected chi connectivity index (χ2v) is 8.01. The van der Waals surface area contributed by atoms with E-state index >= 15 is 0 Å². The van der Waals surface area contributed by atoms with Crippen molar-refractivity contribution in [2.45, 2.75) is 38.5 Å². The number of nitrogens with two attached hydrogens (primary N) is 1. The van der Waals surface area contributed by atoms with Crippen LogP contribution in [-0.2, 0) is 0 Å². The number of nitrogens with zero attached hydrogens (tertiary/aromatic N) is 3. The van der Waals surface area contributed by atoms with Gasteiger partial charge in [0.1, 0.15) is 11.5 Å². The number of nitrogen functional groups attached to an aromatic ring is 1. The van der Waals surface area contributed by atoms with Crippen LogP contribution in [0.15, 0.2) is 47.6 Å². The molecule has 0 fully saturated rings. The minimum Gasteiger partial charge on any atom is -0.493 e. The maximum Gasteiger partial charge on any atom is 0.387 e. The van der Waals surface area contributed by atoms with Gasteiger partial charge in [0.05, 0.1) is 6.61 Å². The molecule has 0 bridgehead atoms. The van der Waals surface area contributed by atoms with Crippen molar-refractivity contribution in [3.63, 3.8) is 0 Å². The van der Waals surface area contributed by atoms with Gasteiger partial charge >= 0.3 is 6.61 Å². The van der Waals surface area contributed by atoms with Gasteiger partial charge < -0.3 is 15.3 Å². The molecule has 3 rings (SSSR count). The van der Waals surface area contributed by atoms with E-state index in [4.69, 9.17) is 10.6 Å². The van der Waals surface area contributed by atoms with Crippen LogP contribution in [0.3, 0.4) is 0 Å².